The molecular formula is C16H16N2O2S. The molecule has 0 aliphatic carbocycles. The second-order valence-electron chi connectivity index (χ2n) is 4.68. The van der Waals surface area contributed by atoms with Gasteiger partial charge in [0.05, 0.1) is 23.1 Å². The lowest BCUT2D eigenvalue weighted by Crippen LogP contribution is -2.16. The number of nitrogens with zero attached hydrogens (tertiary/aromatic N) is 1. The molecule has 21 heavy (non-hydrogen) atoms. The van der Waals surface area contributed by atoms with Crippen molar-refractivity contribution in [2.24, 2.45) is 0 Å². The molecule has 0 aliphatic rings. The van der Waals surface area contributed by atoms with Crippen molar-refractivity contribution in [1.82, 2.24) is 0 Å². The van der Waals surface area contributed by atoms with Gasteiger partial charge >= 0.3 is 0 Å². The number of aryl methyl sites for hydroxylation is 1. The molecule has 4 nitrogen and oxygen atoms in total. The fourth-order valence-electron chi connectivity index (χ4n) is 2.03. The second kappa shape index (κ2) is 6.42. The molecule has 0 atom stereocenters. The smallest absolute Gasteiger partial charge is 0.236 e. The predicted molar refractivity (Wildman–Crippen MR) is 83.2 cm³/mol. The minimum atomic E-state index is -3.47. The van der Waals surface area contributed by atoms with Crippen LogP contribution >= 0.6 is 0 Å². The van der Waals surface area contributed by atoms with E-state index >= 15 is 0 Å². The molecule has 2 rings (SSSR count). The highest BCUT2D eigenvalue weighted by Crippen LogP contribution is 2.18. The van der Waals surface area contributed by atoms with E-state index < -0.39 is 10.0 Å². The van der Waals surface area contributed by atoms with Crippen LogP contribution in [0.25, 0.3) is 0 Å². The molecule has 0 saturated carbocycles. The van der Waals surface area contributed by atoms with Crippen LogP contribution in [0.2, 0.25) is 0 Å². The summed E-state index contributed by atoms with van der Waals surface area (Å²) < 4.78 is 27.1. The Morgan fingerprint density at radius 1 is 1.10 bits per heavy atom. The van der Waals surface area contributed by atoms with Gasteiger partial charge in [0, 0.05) is 0 Å². The van der Waals surface area contributed by atoms with Crippen LogP contribution in [0, 0.1) is 11.3 Å². The lowest BCUT2D eigenvalue weighted by molar-refractivity contribution is 0.600. The van der Waals surface area contributed by atoms with Crippen molar-refractivity contribution < 1.29 is 8.42 Å². The first-order valence-corrected chi connectivity index (χ1v) is 8.26. The van der Waals surface area contributed by atoms with Gasteiger partial charge in [0.1, 0.15) is 0 Å². The summed E-state index contributed by atoms with van der Waals surface area (Å²) in [6.07, 6.45) is 0.759. The summed E-state index contributed by atoms with van der Waals surface area (Å²) in [5.74, 6) is -0.114. The van der Waals surface area contributed by atoms with E-state index in [9.17, 15) is 8.42 Å². The quantitative estimate of drug-likeness (QED) is 0.922. The number of benzene rings is 2. The van der Waals surface area contributed by atoms with Gasteiger partial charge in [0.2, 0.25) is 10.0 Å². The standard InChI is InChI=1S/C16H16N2O2S/c1-2-15-5-3-4-6-16(15)18-21(19,20)12-14-9-7-13(11-17)8-10-14/h3-10,18H,2,12H2,1H3. The predicted octanol–water partition coefficient (Wildman–Crippen LogP) is 3.06. The molecule has 0 aliphatic heterocycles. The Morgan fingerprint density at radius 2 is 1.76 bits per heavy atom. The van der Waals surface area contributed by atoms with Crippen LogP contribution in [0.3, 0.4) is 0 Å². The van der Waals surface area contributed by atoms with E-state index in [1.54, 1.807) is 36.4 Å². The molecule has 0 radical (unpaired) electrons. The van der Waals surface area contributed by atoms with E-state index in [2.05, 4.69) is 4.72 Å². The summed E-state index contributed by atoms with van der Waals surface area (Å²) in [5, 5.41) is 8.73. The van der Waals surface area contributed by atoms with Crippen molar-refractivity contribution in [2.45, 2.75) is 19.1 Å². The lowest BCUT2D eigenvalue weighted by Gasteiger charge is -2.11. The largest absolute Gasteiger partial charge is 0.283 e. The molecule has 108 valence electrons. The Kier molecular flexibility index (Phi) is 4.61. The van der Waals surface area contributed by atoms with E-state index in [1.807, 2.05) is 25.1 Å². The first-order chi connectivity index (χ1) is 10.0. The van der Waals surface area contributed by atoms with Crippen LogP contribution in [-0.4, -0.2) is 8.42 Å². The zero-order valence-electron chi connectivity index (χ0n) is 11.7. The Morgan fingerprint density at radius 3 is 2.38 bits per heavy atom. The van der Waals surface area contributed by atoms with Gasteiger partial charge in [-0.05, 0) is 35.7 Å². The molecular weight excluding hydrogens is 284 g/mol. The first-order valence-electron chi connectivity index (χ1n) is 6.61. The summed E-state index contributed by atoms with van der Waals surface area (Å²) in [7, 11) is -3.47. The van der Waals surface area contributed by atoms with Crippen molar-refractivity contribution >= 4 is 15.7 Å². The molecule has 1 N–H and O–H groups in total. The fraction of sp³-hybridized carbons (Fsp3) is 0.188. The Bertz CT molecular complexity index is 760. The molecule has 0 amide bonds. The Labute approximate surface area is 125 Å². The summed E-state index contributed by atoms with van der Waals surface area (Å²) >= 11 is 0. The first kappa shape index (κ1) is 15.1. The molecule has 0 bridgehead atoms. The van der Waals surface area contributed by atoms with Crippen LogP contribution < -0.4 is 4.72 Å². The van der Waals surface area contributed by atoms with Gasteiger partial charge in [-0.1, -0.05) is 37.3 Å². The van der Waals surface area contributed by atoms with Gasteiger partial charge in [-0.25, -0.2) is 8.42 Å². The number of para-hydroxylation sites is 1. The highest BCUT2D eigenvalue weighted by atomic mass is 32.2. The third kappa shape index (κ3) is 4.07. The molecule has 0 aromatic heterocycles. The van der Waals surface area contributed by atoms with Gasteiger partial charge < -0.3 is 0 Å². The lowest BCUT2D eigenvalue weighted by atomic mass is 10.1. The molecule has 2 aromatic carbocycles. The monoisotopic (exact) mass is 300 g/mol. The Balaban J connectivity index is 2.16. The summed E-state index contributed by atoms with van der Waals surface area (Å²) in [6.45, 7) is 1.98. The van der Waals surface area contributed by atoms with Crippen molar-refractivity contribution in [3.05, 3.63) is 65.2 Å². The maximum atomic E-state index is 12.2. The van der Waals surface area contributed by atoms with Crippen molar-refractivity contribution in [1.29, 1.82) is 5.26 Å². The number of nitrogens with one attached hydrogen (secondary N) is 1. The van der Waals surface area contributed by atoms with Crippen molar-refractivity contribution in [2.75, 3.05) is 4.72 Å². The average Bonchev–Trinajstić information content (AvgIpc) is 2.47. The minimum Gasteiger partial charge on any atom is -0.283 e. The van der Waals surface area contributed by atoms with Crippen LogP contribution in [-0.2, 0) is 22.2 Å². The third-order valence-electron chi connectivity index (χ3n) is 3.10. The number of hydrogen-bond donors (Lipinski definition) is 1. The molecule has 0 saturated heterocycles. The van der Waals surface area contributed by atoms with E-state index in [0.29, 0.717) is 16.8 Å². The van der Waals surface area contributed by atoms with E-state index in [0.717, 1.165) is 12.0 Å². The Hall–Kier alpha value is -2.32. The molecule has 0 fully saturated rings. The summed E-state index contributed by atoms with van der Waals surface area (Å²) in [6, 6.07) is 15.9. The molecule has 0 heterocycles. The average molecular weight is 300 g/mol. The highest BCUT2D eigenvalue weighted by Gasteiger charge is 2.13. The molecule has 5 heteroatoms. The van der Waals surface area contributed by atoms with Gasteiger partial charge in [-0.3, -0.25) is 4.72 Å². The van der Waals surface area contributed by atoms with Crippen LogP contribution in [0.5, 0.6) is 0 Å². The zero-order chi connectivity index (χ0) is 15.3. The fourth-order valence-corrected chi connectivity index (χ4v) is 3.26. The SMILES string of the molecule is CCc1ccccc1NS(=O)(=O)Cc1ccc(C#N)cc1. The van der Waals surface area contributed by atoms with E-state index in [1.165, 1.54) is 0 Å². The molecule has 0 unspecified atom stereocenters. The highest BCUT2D eigenvalue weighted by molar-refractivity contribution is 7.91. The molecule has 2 aromatic rings. The third-order valence-corrected chi connectivity index (χ3v) is 4.35. The van der Waals surface area contributed by atoms with Gasteiger partial charge in [0.15, 0.2) is 0 Å². The minimum absolute atomic E-state index is 0.114. The van der Waals surface area contributed by atoms with E-state index in [-0.39, 0.29) is 5.75 Å². The van der Waals surface area contributed by atoms with Crippen molar-refractivity contribution in [3.8, 4) is 6.07 Å². The van der Waals surface area contributed by atoms with Gasteiger partial charge in [-0.15, -0.1) is 0 Å². The van der Waals surface area contributed by atoms with Crippen molar-refractivity contribution in [3.63, 3.8) is 0 Å². The number of anilines is 1. The number of sulfonamides is 1. The number of nitriles is 1. The maximum absolute atomic E-state index is 12.2. The second-order valence-corrected chi connectivity index (χ2v) is 6.40. The summed E-state index contributed by atoms with van der Waals surface area (Å²) in [5.41, 5.74) is 2.74. The normalized spacial score (nSPS) is 10.9. The van der Waals surface area contributed by atoms with Gasteiger partial charge in [-0.2, -0.15) is 5.26 Å². The van der Waals surface area contributed by atoms with Gasteiger partial charge in [0.25, 0.3) is 0 Å². The van der Waals surface area contributed by atoms with Crippen LogP contribution in [0.4, 0.5) is 5.69 Å². The molecule has 0 spiro atoms. The summed E-state index contributed by atoms with van der Waals surface area (Å²) in [4.78, 5) is 0. The zero-order valence-corrected chi connectivity index (χ0v) is 12.5. The topological polar surface area (TPSA) is 70.0 Å². The maximum Gasteiger partial charge on any atom is 0.236 e. The van der Waals surface area contributed by atoms with E-state index in [4.69, 9.17) is 5.26 Å². The number of hydrogen-bond acceptors (Lipinski definition) is 3. The van der Waals surface area contributed by atoms with Crippen LogP contribution in [0.1, 0.15) is 23.6 Å². The number of rotatable bonds is 5. The van der Waals surface area contributed by atoms with Crippen LogP contribution in [0.15, 0.2) is 48.5 Å².